The first kappa shape index (κ1) is 14.6. The molecular formula is C15H17NO3S. The van der Waals surface area contributed by atoms with Crippen LogP contribution in [0.5, 0.6) is 0 Å². The number of benzene rings is 1. The van der Waals surface area contributed by atoms with E-state index in [1.54, 1.807) is 42.5 Å². The highest BCUT2D eigenvalue weighted by molar-refractivity contribution is 7.89. The van der Waals surface area contributed by atoms with Crippen LogP contribution in [0.2, 0.25) is 0 Å². The van der Waals surface area contributed by atoms with Crippen molar-refractivity contribution in [3.05, 3.63) is 66.1 Å². The number of furan rings is 1. The fourth-order valence-corrected chi connectivity index (χ4v) is 3.08. The molecule has 5 heteroatoms. The summed E-state index contributed by atoms with van der Waals surface area (Å²) < 4.78 is 32.8. The zero-order valence-electron chi connectivity index (χ0n) is 11.4. The Kier molecular flexibility index (Phi) is 4.42. The van der Waals surface area contributed by atoms with Gasteiger partial charge in [0.1, 0.15) is 11.8 Å². The normalized spacial score (nSPS) is 14.2. The topological polar surface area (TPSA) is 59.3 Å². The Bertz CT molecular complexity index is 673. The molecule has 1 N–H and O–H groups in total. The third-order valence-corrected chi connectivity index (χ3v) is 4.50. The minimum Gasteiger partial charge on any atom is -0.467 e. The summed E-state index contributed by atoms with van der Waals surface area (Å²) in [5.41, 5.74) is 0.874. The molecular weight excluding hydrogens is 274 g/mol. The summed E-state index contributed by atoms with van der Waals surface area (Å²) >= 11 is 0. The minimum atomic E-state index is -3.59. The van der Waals surface area contributed by atoms with Gasteiger partial charge in [0.15, 0.2) is 0 Å². The van der Waals surface area contributed by atoms with Crippen molar-refractivity contribution >= 4 is 10.0 Å². The van der Waals surface area contributed by atoms with Gasteiger partial charge in [0.2, 0.25) is 10.0 Å². The van der Waals surface area contributed by atoms with E-state index in [4.69, 9.17) is 4.42 Å². The number of allylic oxidation sites excluding steroid dienone is 1. The number of hydrogen-bond acceptors (Lipinski definition) is 3. The molecule has 0 amide bonds. The van der Waals surface area contributed by atoms with Crippen LogP contribution in [0.25, 0.3) is 0 Å². The lowest BCUT2D eigenvalue weighted by molar-refractivity contribution is 0.468. The number of hydrogen-bond donors (Lipinski definition) is 1. The van der Waals surface area contributed by atoms with Gasteiger partial charge in [0, 0.05) is 0 Å². The van der Waals surface area contributed by atoms with E-state index in [9.17, 15) is 8.42 Å². The fraction of sp³-hybridized carbons (Fsp3) is 0.200. The average Bonchev–Trinajstić information content (AvgIpc) is 2.99. The smallest absolute Gasteiger partial charge is 0.241 e. The van der Waals surface area contributed by atoms with Crippen LogP contribution in [0.3, 0.4) is 0 Å². The quantitative estimate of drug-likeness (QED) is 0.860. The molecule has 0 radical (unpaired) electrons. The van der Waals surface area contributed by atoms with Crippen molar-refractivity contribution in [2.24, 2.45) is 0 Å². The first-order valence-corrected chi connectivity index (χ1v) is 7.76. The van der Waals surface area contributed by atoms with Crippen molar-refractivity contribution in [1.29, 1.82) is 0 Å². The minimum absolute atomic E-state index is 0.237. The van der Waals surface area contributed by atoms with Crippen LogP contribution in [0.4, 0.5) is 0 Å². The zero-order valence-corrected chi connectivity index (χ0v) is 12.2. The molecule has 0 saturated carbocycles. The summed E-state index contributed by atoms with van der Waals surface area (Å²) in [4.78, 5) is 0.237. The second-order valence-corrected chi connectivity index (χ2v) is 6.13. The summed E-state index contributed by atoms with van der Waals surface area (Å²) in [5.74, 6) is 0.570. The highest BCUT2D eigenvalue weighted by Gasteiger charge is 2.23. The molecule has 1 heterocycles. The number of rotatable bonds is 5. The van der Waals surface area contributed by atoms with E-state index in [0.717, 1.165) is 5.57 Å². The average molecular weight is 291 g/mol. The van der Waals surface area contributed by atoms with Crippen molar-refractivity contribution in [3.63, 3.8) is 0 Å². The summed E-state index contributed by atoms with van der Waals surface area (Å²) in [6.07, 6.45) is 3.39. The molecule has 0 spiro atoms. The Labute approximate surface area is 119 Å². The third kappa shape index (κ3) is 3.18. The van der Waals surface area contributed by atoms with Crippen LogP contribution in [0.1, 0.15) is 25.6 Å². The Hall–Kier alpha value is -1.85. The molecule has 20 heavy (non-hydrogen) atoms. The molecule has 1 aromatic heterocycles. The second kappa shape index (κ2) is 6.07. The summed E-state index contributed by atoms with van der Waals surface area (Å²) in [5, 5.41) is 0. The van der Waals surface area contributed by atoms with Crippen LogP contribution in [0, 0.1) is 0 Å². The first-order chi connectivity index (χ1) is 9.54. The van der Waals surface area contributed by atoms with E-state index in [1.165, 1.54) is 6.26 Å². The van der Waals surface area contributed by atoms with E-state index >= 15 is 0 Å². The van der Waals surface area contributed by atoms with Gasteiger partial charge in [-0.25, -0.2) is 8.42 Å². The largest absolute Gasteiger partial charge is 0.467 e. The van der Waals surface area contributed by atoms with Crippen LogP contribution in [-0.4, -0.2) is 8.42 Å². The van der Waals surface area contributed by atoms with E-state index in [1.807, 2.05) is 19.9 Å². The van der Waals surface area contributed by atoms with Gasteiger partial charge < -0.3 is 4.42 Å². The van der Waals surface area contributed by atoms with Gasteiger partial charge in [0.05, 0.1) is 11.2 Å². The van der Waals surface area contributed by atoms with Crippen molar-refractivity contribution in [2.75, 3.05) is 0 Å². The Morgan fingerprint density at radius 2 is 1.90 bits per heavy atom. The van der Waals surface area contributed by atoms with Crippen LogP contribution in [-0.2, 0) is 10.0 Å². The summed E-state index contributed by atoms with van der Waals surface area (Å²) in [6, 6.07) is 11.3. The highest BCUT2D eigenvalue weighted by atomic mass is 32.2. The molecule has 4 nitrogen and oxygen atoms in total. The standard InChI is InChI=1S/C15H17NO3S/c1-3-12(2)15(14-10-7-11-19-14)16-20(17,18)13-8-5-4-6-9-13/h3-11,15-16H,1-2H3/b12-3+/t15-/m0/s1. The predicted molar refractivity (Wildman–Crippen MR) is 77.6 cm³/mol. The maximum absolute atomic E-state index is 12.4. The third-order valence-electron chi connectivity index (χ3n) is 3.06. The number of sulfonamides is 1. The second-order valence-electron chi connectivity index (χ2n) is 4.42. The molecule has 2 rings (SSSR count). The molecule has 2 aromatic rings. The maximum atomic E-state index is 12.4. The first-order valence-electron chi connectivity index (χ1n) is 6.28. The molecule has 0 aliphatic rings. The van der Waals surface area contributed by atoms with Crippen molar-refractivity contribution in [3.8, 4) is 0 Å². The lowest BCUT2D eigenvalue weighted by atomic mass is 10.1. The number of nitrogens with one attached hydrogen (secondary N) is 1. The molecule has 0 saturated heterocycles. The van der Waals surface area contributed by atoms with Gasteiger partial charge >= 0.3 is 0 Å². The molecule has 1 atom stereocenters. The van der Waals surface area contributed by atoms with Crippen molar-refractivity contribution < 1.29 is 12.8 Å². The molecule has 0 fully saturated rings. The molecule has 106 valence electrons. The van der Waals surface area contributed by atoms with Gasteiger partial charge in [-0.1, -0.05) is 29.8 Å². The van der Waals surface area contributed by atoms with Gasteiger partial charge in [0.25, 0.3) is 0 Å². The molecule has 0 bridgehead atoms. The monoisotopic (exact) mass is 291 g/mol. The fourth-order valence-electron chi connectivity index (χ4n) is 1.82. The molecule has 0 unspecified atom stereocenters. The van der Waals surface area contributed by atoms with E-state index in [0.29, 0.717) is 5.76 Å². The van der Waals surface area contributed by atoms with Gasteiger partial charge in [-0.2, -0.15) is 4.72 Å². The van der Waals surface area contributed by atoms with Gasteiger partial charge in [-0.15, -0.1) is 0 Å². The summed E-state index contributed by atoms with van der Waals surface area (Å²) in [6.45, 7) is 3.72. The zero-order chi connectivity index (χ0) is 14.6. The lowest BCUT2D eigenvalue weighted by Crippen LogP contribution is -2.29. The Morgan fingerprint density at radius 3 is 2.45 bits per heavy atom. The molecule has 0 aliphatic heterocycles. The van der Waals surface area contributed by atoms with E-state index in [-0.39, 0.29) is 4.90 Å². The lowest BCUT2D eigenvalue weighted by Gasteiger charge is -2.17. The van der Waals surface area contributed by atoms with E-state index < -0.39 is 16.1 Å². The summed E-state index contributed by atoms with van der Waals surface area (Å²) in [7, 11) is -3.59. The van der Waals surface area contributed by atoms with Crippen LogP contribution in [0.15, 0.2) is 69.7 Å². The molecule has 0 aliphatic carbocycles. The SMILES string of the molecule is C/C=C(\C)[C@H](NS(=O)(=O)c1ccccc1)c1ccco1. The Morgan fingerprint density at radius 1 is 1.20 bits per heavy atom. The van der Waals surface area contributed by atoms with Gasteiger partial charge in [-0.3, -0.25) is 0 Å². The van der Waals surface area contributed by atoms with Crippen LogP contribution >= 0.6 is 0 Å². The highest BCUT2D eigenvalue weighted by Crippen LogP contribution is 2.24. The van der Waals surface area contributed by atoms with Gasteiger partial charge in [-0.05, 0) is 38.1 Å². The van der Waals surface area contributed by atoms with Crippen molar-refractivity contribution in [2.45, 2.75) is 24.8 Å². The predicted octanol–water partition coefficient (Wildman–Crippen LogP) is 3.27. The molecule has 1 aromatic carbocycles. The van der Waals surface area contributed by atoms with Crippen LogP contribution < -0.4 is 4.72 Å². The maximum Gasteiger partial charge on any atom is 0.241 e. The Balaban J connectivity index is 2.34. The van der Waals surface area contributed by atoms with Crippen molar-refractivity contribution in [1.82, 2.24) is 4.72 Å². The van der Waals surface area contributed by atoms with E-state index in [2.05, 4.69) is 4.72 Å².